The fourth-order valence-electron chi connectivity index (χ4n) is 3.71. The minimum absolute atomic E-state index is 0.186. The van der Waals surface area contributed by atoms with E-state index in [1.54, 1.807) is 18.2 Å². The summed E-state index contributed by atoms with van der Waals surface area (Å²) in [5.41, 5.74) is 1.22. The molecule has 1 aromatic carbocycles. The molecule has 142 valence electrons. The molecular formula is C19H27N3O3S. The Morgan fingerprint density at radius 2 is 1.88 bits per heavy atom. The number of aromatic amines is 1. The van der Waals surface area contributed by atoms with Crippen LogP contribution in [-0.4, -0.2) is 44.0 Å². The minimum Gasteiger partial charge on any atom is -0.322 e. The van der Waals surface area contributed by atoms with E-state index in [9.17, 15) is 13.2 Å². The highest BCUT2D eigenvalue weighted by atomic mass is 32.2. The molecule has 0 saturated carbocycles. The second-order valence-corrected chi connectivity index (χ2v) is 9.20. The van der Waals surface area contributed by atoms with Gasteiger partial charge < -0.3 is 4.98 Å². The number of rotatable bonds is 6. The zero-order chi connectivity index (χ0) is 18.9. The first kappa shape index (κ1) is 19.1. The highest BCUT2D eigenvalue weighted by Crippen LogP contribution is 2.21. The Balaban J connectivity index is 1.83. The van der Waals surface area contributed by atoms with E-state index in [-0.39, 0.29) is 16.5 Å². The highest BCUT2D eigenvalue weighted by molar-refractivity contribution is 7.89. The van der Waals surface area contributed by atoms with Crippen molar-refractivity contribution in [2.45, 2.75) is 44.6 Å². The van der Waals surface area contributed by atoms with Gasteiger partial charge in [0.25, 0.3) is 0 Å². The van der Waals surface area contributed by atoms with Gasteiger partial charge in [-0.2, -0.15) is 0 Å². The Bertz CT molecular complexity index is 944. The summed E-state index contributed by atoms with van der Waals surface area (Å²) < 4.78 is 28.4. The van der Waals surface area contributed by atoms with Gasteiger partial charge in [-0.3, -0.25) is 9.69 Å². The van der Waals surface area contributed by atoms with Gasteiger partial charge in [0.05, 0.1) is 4.90 Å². The molecule has 7 heteroatoms. The average molecular weight is 378 g/mol. The summed E-state index contributed by atoms with van der Waals surface area (Å²) >= 11 is 0. The monoisotopic (exact) mass is 377 g/mol. The average Bonchev–Trinajstić information content (AvgIpc) is 3.08. The number of hydrogen-bond acceptors (Lipinski definition) is 4. The second kappa shape index (κ2) is 7.50. The van der Waals surface area contributed by atoms with Crippen LogP contribution in [-0.2, 0) is 10.0 Å². The smallest absolute Gasteiger partial charge is 0.248 e. The van der Waals surface area contributed by atoms with E-state index >= 15 is 0 Å². The third-order valence-corrected chi connectivity index (χ3v) is 6.61. The third kappa shape index (κ3) is 4.00. The first-order valence-corrected chi connectivity index (χ1v) is 10.6. The van der Waals surface area contributed by atoms with Gasteiger partial charge in [-0.25, -0.2) is 13.1 Å². The maximum absolute atomic E-state index is 12.8. The number of sulfonamides is 1. The maximum Gasteiger partial charge on any atom is 0.248 e. The lowest BCUT2D eigenvalue weighted by atomic mass is 10.0. The lowest BCUT2D eigenvalue weighted by molar-refractivity contribution is 0.193. The highest BCUT2D eigenvalue weighted by Gasteiger charge is 2.26. The van der Waals surface area contributed by atoms with Crippen molar-refractivity contribution in [1.29, 1.82) is 0 Å². The van der Waals surface area contributed by atoms with Crippen LogP contribution in [0, 0.1) is 12.8 Å². The summed E-state index contributed by atoms with van der Waals surface area (Å²) in [6, 6.07) is 6.50. The molecule has 2 N–H and O–H groups in total. The molecule has 1 aliphatic heterocycles. The number of likely N-dealkylation sites (tertiary alicyclic amines) is 1. The van der Waals surface area contributed by atoms with Crippen LogP contribution in [0.2, 0.25) is 0 Å². The van der Waals surface area contributed by atoms with Gasteiger partial charge in [-0.05, 0) is 62.5 Å². The minimum atomic E-state index is -3.61. The first-order chi connectivity index (χ1) is 12.3. The van der Waals surface area contributed by atoms with Gasteiger partial charge in [-0.15, -0.1) is 0 Å². The zero-order valence-electron chi connectivity index (χ0n) is 15.6. The van der Waals surface area contributed by atoms with Gasteiger partial charge in [0.2, 0.25) is 15.6 Å². The van der Waals surface area contributed by atoms with Crippen LogP contribution in [0.3, 0.4) is 0 Å². The van der Waals surface area contributed by atoms with Crippen molar-refractivity contribution < 1.29 is 8.42 Å². The summed E-state index contributed by atoms with van der Waals surface area (Å²) in [6.07, 6.45) is 2.36. The fraction of sp³-hybridized carbons (Fsp3) is 0.526. The van der Waals surface area contributed by atoms with Crippen LogP contribution in [0.15, 0.2) is 34.0 Å². The Kier molecular flexibility index (Phi) is 5.50. The molecule has 0 spiro atoms. The Labute approximate surface area is 154 Å². The van der Waals surface area contributed by atoms with Gasteiger partial charge in [0, 0.05) is 29.6 Å². The molecule has 3 rings (SSSR count). The lowest BCUT2D eigenvalue weighted by Crippen LogP contribution is -2.45. The first-order valence-electron chi connectivity index (χ1n) is 9.15. The SMILES string of the molecule is Cc1cc(=O)[nH]c2ccc(S(=O)(=O)NCC(C(C)C)N3CCCC3)cc12. The molecule has 2 heterocycles. The molecule has 0 aliphatic carbocycles. The molecular weight excluding hydrogens is 350 g/mol. The molecule has 1 atom stereocenters. The van der Waals surface area contributed by atoms with Crippen LogP contribution < -0.4 is 10.3 Å². The summed E-state index contributed by atoms with van der Waals surface area (Å²) in [5.74, 6) is 0.375. The Morgan fingerprint density at radius 1 is 1.19 bits per heavy atom. The molecule has 6 nitrogen and oxygen atoms in total. The molecule has 0 radical (unpaired) electrons. The summed E-state index contributed by atoms with van der Waals surface area (Å²) in [6.45, 7) is 8.55. The number of pyridine rings is 1. The molecule has 1 aromatic heterocycles. The second-order valence-electron chi connectivity index (χ2n) is 7.43. The zero-order valence-corrected chi connectivity index (χ0v) is 16.4. The number of H-pyrrole nitrogens is 1. The lowest BCUT2D eigenvalue weighted by Gasteiger charge is -2.30. The van der Waals surface area contributed by atoms with E-state index in [1.807, 2.05) is 6.92 Å². The van der Waals surface area contributed by atoms with Crippen LogP contribution in [0.5, 0.6) is 0 Å². The standard InChI is InChI=1S/C19H27N3O3S/c1-13(2)18(22-8-4-5-9-22)12-20-26(24,25)15-6-7-17-16(11-15)14(3)10-19(23)21-17/h6-7,10-11,13,18,20H,4-5,8-9,12H2,1-3H3,(H,21,23). The van der Waals surface area contributed by atoms with Gasteiger partial charge >= 0.3 is 0 Å². The predicted octanol–water partition coefficient (Wildman–Crippen LogP) is 2.24. The summed E-state index contributed by atoms with van der Waals surface area (Å²) in [7, 11) is -3.61. The van der Waals surface area contributed by atoms with Crippen molar-refractivity contribution in [1.82, 2.24) is 14.6 Å². The molecule has 2 aromatic rings. The number of aryl methyl sites for hydroxylation is 1. The quantitative estimate of drug-likeness (QED) is 0.809. The molecule has 1 fully saturated rings. The van der Waals surface area contributed by atoms with E-state index in [4.69, 9.17) is 0 Å². The van der Waals surface area contributed by atoms with E-state index in [0.717, 1.165) is 24.0 Å². The van der Waals surface area contributed by atoms with Gasteiger partial charge in [-0.1, -0.05) is 13.8 Å². The van der Waals surface area contributed by atoms with E-state index in [2.05, 4.69) is 28.5 Å². The molecule has 1 saturated heterocycles. The van der Waals surface area contributed by atoms with E-state index < -0.39 is 10.0 Å². The van der Waals surface area contributed by atoms with Crippen molar-refractivity contribution in [2.75, 3.05) is 19.6 Å². The van der Waals surface area contributed by atoms with Crippen LogP contribution >= 0.6 is 0 Å². The number of hydrogen-bond donors (Lipinski definition) is 2. The van der Waals surface area contributed by atoms with Crippen LogP contribution in [0.25, 0.3) is 10.9 Å². The number of fused-ring (bicyclic) bond motifs is 1. The molecule has 0 amide bonds. The Morgan fingerprint density at radius 3 is 2.54 bits per heavy atom. The van der Waals surface area contributed by atoms with Crippen LogP contribution in [0.1, 0.15) is 32.3 Å². The van der Waals surface area contributed by atoms with Crippen molar-refractivity contribution in [3.63, 3.8) is 0 Å². The maximum atomic E-state index is 12.8. The van der Waals surface area contributed by atoms with E-state index in [0.29, 0.717) is 18.0 Å². The number of nitrogens with zero attached hydrogens (tertiary/aromatic N) is 1. The van der Waals surface area contributed by atoms with Crippen molar-refractivity contribution >= 4 is 20.9 Å². The number of nitrogens with one attached hydrogen (secondary N) is 2. The molecule has 26 heavy (non-hydrogen) atoms. The van der Waals surface area contributed by atoms with Crippen molar-refractivity contribution in [2.24, 2.45) is 5.92 Å². The molecule has 1 aliphatic rings. The largest absolute Gasteiger partial charge is 0.322 e. The van der Waals surface area contributed by atoms with Crippen LogP contribution in [0.4, 0.5) is 0 Å². The number of aromatic nitrogens is 1. The van der Waals surface area contributed by atoms with E-state index in [1.165, 1.54) is 18.9 Å². The molecule has 0 bridgehead atoms. The van der Waals surface area contributed by atoms with Crippen molar-refractivity contribution in [3.05, 3.63) is 40.2 Å². The van der Waals surface area contributed by atoms with Gasteiger partial charge in [0.1, 0.15) is 0 Å². The summed E-state index contributed by atoms with van der Waals surface area (Å²) in [5, 5.41) is 0.743. The fourth-order valence-corrected chi connectivity index (χ4v) is 4.78. The Hall–Kier alpha value is -1.70. The van der Waals surface area contributed by atoms with Gasteiger partial charge in [0.15, 0.2) is 0 Å². The third-order valence-electron chi connectivity index (χ3n) is 5.19. The molecule has 1 unspecified atom stereocenters. The number of benzene rings is 1. The topological polar surface area (TPSA) is 82.3 Å². The normalized spacial score (nSPS) is 17.2. The van der Waals surface area contributed by atoms with Crippen molar-refractivity contribution in [3.8, 4) is 0 Å². The summed E-state index contributed by atoms with van der Waals surface area (Å²) in [4.78, 5) is 16.9. The predicted molar refractivity (Wildman–Crippen MR) is 104 cm³/mol.